The van der Waals surface area contributed by atoms with Crippen molar-refractivity contribution in [2.24, 2.45) is 0 Å². The number of hydrogen-bond donors (Lipinski definition) is 0. The summed E-state index contributed by atoms with van der Waals surface area (Å²) in [5, 5.41) is 9.25. The van der Waals surface area contributed by atoms with E-state index in [1.165, 1.54) is 24.3 Å². The van der Waals surface area contributed by atoms with Gasteiger partial charge in [-0.1, -0.05) is 18.2 Å². The predicted molar refractivity (Wildman–Crippen MR) is 96.1 cm³/mol. The Hall–Kier alpha value is -2.66. The molecule has 142 valence electrons. The zero-order chi connectivity index (χ0) is 19.6. The average molecular weight is 375 g/mol. The molecule has 0 unspecified atom stereocenters. The maximum Gasteiger partial charge on any atom is 0.417 e. The Kier molecular flexibility index (Phi) is 5.33. The van der Waals surface area contributed by atoms with Crippen LogP contribution in [0, 0.1) is 11.3 Å². The Morgan fingerprint density at radius 1 is 1.07 bits per heavy atom. The summed E-state index contributed by atoms with van der Waals surface area (Å²) in [6.07, 6.45) is -4.50. The summed E-state index contributed by atoms with van der Waals surface area (Å²) >= 11 is 0. The number of nitrogens with zero attached hydrogens (tertiary/aromatic N) is 5. The highest BCUT2D eigenvalue weighted by molar-refractivity contribution is 5.67. The summed E-state index contributed by atoms with van der Waals surface area (Å²) in [6, 6.07) is 9.08. The van der Waals surface area contributed by atoms with Crippen LogP contribution in [0.25, 0.3) is 11.3 Å². The molecular weight excluding hydrogens is 355 g/mol. The molecule has 1 saturated heterocycles. The summed E-state index contributed by atoms with van der Waals surface area (Å²) in [5.41, 5.74) is -0.718. The number of aromatic nitrogens is 2. The van der Waals surface area contributed by atoms with E-state index in [2.05, 4.69) is 28.7 Å². The molecule has 0 atom stereocenters. The van der Waals surface area contributed by atoms with Crippen LogP contribution in [-0.4, -0.2) is 47.1 Å². The highest BCUT2D eigenvalue weighted by atomic mass is 19.4. The molecule has 0 bridgehead atoms. The molecule has 1 aliphatic heterocycles. The minimum Gasteiger partial charge on any atom is -0.354 e. The Bertz CT molecular complexity index is 849. The maximum absolute atomic E-state index is 13.4. The van der Waals surface area contributed by atoms with Crippen molar-refractivity contribution in [1.82, 2.24) is 14.9 Å². The van der Waals surface area contributed by atoms with Crippen molar-refractivity contribution in [1.29, 1.82) is 5.26 Å². The van der Waals surface area contributed by atoms with Gasteiger partial charge in [-0.2, -0.15) is 18.4 Å². The Morgan fingerprint density at radius 2 is 1.74 bits per heavy atom. The molecule has 0 amide bonds. The fourth-order valence-corrected chi connectivity index (χ4v) is 3.21. The number of anilines is 1. The monoisotopic (exact) mass is 375 g/mol. The topological polar surface area (TPSA) is 56.0 Å². The fourth-order valence-electron chi connectivity index (χ4n) is 3.21. The van der Waals surface area contributed by atoms with Gasteiger partial charge in [-0.15, -0.1) is 0 Å². The summed E-state index contributed by atoms with van der Waals surface area (Å²) in [4.78, 5) is 12.6. The fraction of sp³-hybridized carbons (Fsp3) is 0.421. The minimum atomic E-state index is -4.50. The number of alkyl halides is 3. The van der Waals surface area contributed by atoms with E-state index in [-0.39, 0.29) is 17.1 Å². The first-order chi connectivity index (χ1) is 12.8. The second-order valence-corrected chi connectivity index (χ2v) is 6.71. The smallest absolute Gasteiger partial charge is 0.354 e. The van der Waals surface area contributed by atoms with Crippen LogP contribution in [-0.2, 0) is 6.18 Å². The molecule has 27 heavy (non-hydrogen) atoms. The Balaban J connectivity index is 1.98. The quantitative estimate of drug-likeness (QED) is 0.821. The van der Waals surface area contributed by atoms with Crippen LogP contribution < -0.4 is 4.90 Å². The molecule has 0 radical (unpaired) electrons. The molecule has 0 saturated carbocycles. The molecule has 0 spiro atoms. The van der Waals surface area contributed by atoms with Gasteiger partial charge in [-0.25, -0.2) is 9.97 Å². The molecule has 2 aromatic rings. The van der Waals surface area contributed by atoms with Crippen molar-refractivity contribution in [3.63, 3.8) is 0 Å². The van der Waals surface area contributed by atoms with Crippen LogP contribution in [0.15, 0.2) is 30.3 Å². The van der Waals surface area contributed by atoms with Gasteiger partial charge in [0.1, 0.15) is 11.9 Å². The van der Waals surface area contributed by atoms with Gasteiger partial charge in [-0.05, 0) is 19.9 Å². The second kappa shape index (κ2) is 7.53. The Labute approximate surface area is 156 Å². The van der Waals surface area contributed by atoms with Crippen LogP contribution >= 0.6 is 0 Å². The first kappa shape index (κ1) is 19.1. The van der Waals surface area contributed by atoms with E-state index in [1.807, 2.05) is 11.0 Å². The van der Waals surface area contributed by atoms with Crippen LogP contribution in [0.1, 0.15) is 25.2 Å². The largest absolute Gasteiger partial charge is 0.417 e. The van der Waals surface area contributed by atoms with Crippen molar-refractivity contribution in [3.05, 3.63) is 41.7 Å². The molecule has 0 N–H and O–H groups in total. The molecule has 1 aromatic heterocycles. The van der Waals surface area contributed by atoms with Crippen molar-refractivity contribution in [2.45, 2.75) is 26.1 Å². The molecule has 2 heterocycles. The van der Waals surface area contributed by atoms with Gasteiger partial charge in [-0.3, -0.25) is 4.90 Å². The summed E-state index contributed by atoms with van der Waals surface area (Å²) in [5.74, 6) is 0.350. The lowest BCUT2D eigenvalue weighted by Crippen LogP contribution is -2.49. The lowest BCUT2D eigenvalue weighted by molar-refractivity contribution is -0.137. The molecule has 5 nitrogen and oxygen atoms in total. The minimum absolute atomic E-state index is 0.0500. The lowest BCUT2D eigenvalue weighted by Gasteiger charge is -2.37. The van der Waals surface area contributed by atoms with Gasteiger partial charge in [0.25, 0.3) is 0 Å². The SMILES string of the molecule is CC(C)N1CCN(c2cc(-c3ccccc3C(F)(F)F)nc(C#N)n2)CC1. The maximum atomic E-state index is 13.4. The molecule has 0 aliphatic carbocycles. The molecule has 1 aromatic carbocycles. The first-order valence-electron chi connectivity index (χ1n) is 8.74. The van der Waals surface area contributed by atoms with E-state index >= 15 is 0 Å². The van der Waals surface area contributed by atoms with Crippen molar-refractivity contribution in [3.8, 4) is 17.3 Å². The van der Waals surface area contributed by atoms with Gasteiger partial charge in [0.2, 0.25) is 5.82 Å². The van der Waals surface area contributed by atoms with Crippen LogP contribution in [0.2, 0.25) is 0 Å². The summed E-state index contributed by atoms with van der Waals surface area (Å²) in [7, 11) is 0. The molecule has 3 rings (SSSR count). The molecule has 1 fully saturated rings. The van der Waals surface area contributed by atoms with Gasteiger partial charge >= 0.3 is 6.18 Å². The Morgan fingerprint density at radius 3 is 2.33 bits per heavy atom. The zero-order valence-electron chi connectivity index (χ0n) is 15.2. The molecular formula is C19H20F3N5. The first-order valence-corrected chi connectivity index (χ1v) is 8.74. The number of nitriles is 1. The number of halogens is 3. The third-order valence-electron chi connectivity index (χ3n) is 4.69. The van der Waals surface area contributed by atoms with E-state index in [4.69, 9.17) is 0 Å². The highest BCUT2D eigenvalue weighted by Crippen LogP contribution is 2.37. The van der Waals surface area contributed by atoms with E-state index in [1.54, 1.807) is 0 Å². The highest BCUT2D eigenvalue weighted by Gasteiger charge is 2.34. The second-order valence-electron chi connectivity index (χ2n) is 6.71. The lowest BCUT2D eigenvalue weighted by atomic mass is 10.0. The number of rotatable bonds is 3. The van der Waals surface area contributed by atoms with E-state index in [0.29, 0.717) is 24.9 Å². The third-order valence-corrected chi connectivity index (χ3v) is 4.69. The van der Waals surface area contributed by atoms with Crippen molar-refractivity contribution in [2.75, 3.05) is 31.1 Å². The summed E-state index contributed by atoms with van der Waals surface area (Å²) in [6.45, 7) is 7.30. The van der Waals surface area contributed by atoms with Crippen LogP contribution in [0.3, 0.4) is 0 Å². The van der Waals surface area contributed by atoms with Crippen molar-refractivity contribution < 1.29 is 13.2 Å². The van der Waals surface area contributed by atoms with Gasteiger partial charge < -0.3 is 4.90 Å². The van der Waals surface area contributed by atoms with E-state index in [0.717, 1.165) is 19.2 Å². The zero-order valence-corrected chi connectivity index (χ0v) is 15.2. The average Bonchev–Trinajstić information content (AvgIpc) is 2.67. The summed E-state index contributed by atoms with van der Waals surface area (Å²) < 4.78 is 40.1. The third kappa shape index (κ3) is 4.19. The molecule has 8 heteroatoms. The van der Waals surface area contributed by atoms with Crippen LogP contribution in [0.4, 0.5) is 19.0 Å². The number of piperazine rings is 1. The van der Waals surface area contributed by atoms with Gasteiger partial charge in [0.15, 0.2) is 0 Å². The van der Waals surface area contributed by atoms with E-state index in [9.17, 15) is 18.4 Å². The predicted octanol–water partition coefficient (Wildman–Crippen LogP) is 3.56. The standard InChI is InChI=1S/C19H20F3N5/c1-13(2)26-7-9-27(10-8-26)18-11-16(24-17(12-23)25-18)14-5-3-4-6-15(14)19(20,21)22/h3-6,11,13H,7-10H2,1-2H3. The van der Waals surface area contributed by atoms with Crippen LogP contribution in [0.5, 0.6) is 0 Å². The molecule has 1 aliphatic rings. The number of benzene rings is 1. The van der Waals surface area contributed by atoms with Gasteiger partial charge in [0, 0.05) is 43.9 Å². The normalized spacial score (nSPS) is 15.8. The van der Waals surface area contributed by atoms with Crippen molar-refractivity contribution >= 4 is 5.82 Å². The number of hydrogen-bond acceptors (Lipinski definition) is 5. The van der Waals surface area contributed by atoms with E-state index < -0.39 is 11.7 Å². The van der Waals surface area contributed by atoms with Gasteiger partial charge in [0.05, 0.1) is 11.3 Å².